The molecule has 1 aromatic heterocycles. The molecule has 0 saturated heterocycles. The summed E-state index contributed by atoms with van der Waals surface area (Å²) in [5.74, 6) is -1.29. The van der Waals surface area contributed by atoms with Crippen molar-refractivity contribution in [3.8, 4) is 0 Å². The standard InChI is InChI=1S/C28H36N6O3S/c1-16(2)13-14-31-27(36)24(19-8-11-20(12-9-19)33(5)6)34(21-10-7-17(3)18(4)15-21)28(37)25-22(29)23(26(30)35)32-38-25/h7-12,15-16,24H,13-14,29H2,1-6H3,(H2,30,35)(H,31,36). The topological polar surface area (TPSA) is 135 Å². The third-order valence-electron chi connectivity index (χ3n) is 6.40. The first kappa shape index (κ1) is 28.6. The Balaban J connectivity index is 2.20. The highest BCUT2D eigenvalue weighted by atomic mass is 32.1. The molecular formula is C28H36N6O3S. The van der Waals surface area contributed by atoms with E-state index in [1.54, 1.807) is 6.07 Å². The number of primary amides is 1. The van der Waals surface area contributed by atoms with Crippen molar-refractivity contribution >= 4 is 46.3 Å². The summed E-state index contributed by atoms with van der Waals surface area (Å²) in [6, 6.07) is 12.0. The molecule has 0 spiro atoms. The number of hydrogen-bond donors (Lipinski definition) is 3. The Hall–Kier alpha value is -3.92. The van der Waals surface area contributed by atoms with E-state index in [0.717, 1.165) is 34.8 Å². The van der Waals surface area contributed by atoms with Crippen LogP contribution in [0, 0.1) is 19.8 Å². The number of nitrogens with zero attached hydrogens (tertiary/aromatic N) is 3. The van der Waals surface area contributed by atoms with Gasteiger partial charge in [0.2, 0.25) is 5.91 Å². The molecule has 3 rings (SSSR count). The highest BCUT2D eigenvalue weighted by Gasteiger charge is 2.36. The van der Waals surface area contributed by atoms with Gasteiger partial charge in [-0.1, -0.05) is 32.0 Å². The fourth-order valence-corrected chi connectivity index (χ4v) is 4.69. The molecule has 0 aliphatic heterocycles. The smallest absolute Gasteiger partial charge is 0.273 e. The molecule has 10 heteroatoms. The first-order chi connectivity index (χ1) is 17.9. The zero-order valence-corrected chi connectivity index (χ0v) is 23.6. The van der Waals surface area contributed by atoms with Gasteiger partial charge in [-0.25, -0.2) is 0 Å². The van der Waals surface area contributed by atoms with Crippen LogP contribution < -0.4 is 26.6 Å². The molecule has 1 unspecified atom stereocenters. The van der Waals surface area contributed by atoms with Gasteiger partial charge in [-0.15, -0.1) is 0 Å². The van der Waals surface area contributed by atoms with Crippen molar-refractivity contribution < 1.29 is 14.4 Å². The van der Waals surface area contributed by atoms with E-state index in [1.165, 1.54) is 4.90 Å². The predicted octanol–water partition coefficient (Wildman–Crippen LogP) is 4.06. The lowest BCUT2D eigenvalue weighted by Gasteiger charge is -2.32. The number of carbonyl (C=O) groups excluding carboxylic acids is 3. The van der Waals surface area contributed by atoms with Crippen LogP contribution >= 0.6 is 11.5 Å². The van der Waals surface area contributed by atoms with E-state index in [2.05, 4.69) is 23.5 Å². The predicted molar refractivity (Wildman–Crippen MR) is 154 cm³/mol. The third kappa shape index (κ3) is 6.31. The van der Waals surface area contributed by atoms with Crippen molar-refractivity contribution in [1.82, 2.24) is 9.69 Å². The minimum atomic E-state index is -1.01. The summed E-state index contributed by atoms with van der Waals surface area (Å²) in [7, 11) is 3.86. The zero-order valence-electron chi connectivity index (χ0n) is 22.7. The Morgan fingerprint density at radius 3 is 2.16 bits per heavy atom. The number of hydrogen-bond acceptors (Lipinski definition) is 7. The minimum absolute atomic E-state index is 0.0434. The number of carbonyl (C=O) groups is 3. The quantitative estimate of drug-likeness (QED) is 0.358. The number of aryl methyl sites for hydroxylation is 2. The average Bonchev–Trinajstić information content (AvgIpc) is 3.25. The molecule has 1 heterocycles. The van der Waals surface area contributed by atoms with E-state index in [1.807, 2.05) is 69.2 Å². The molecular weight excluding hydrogens is 500 g/mol. The van der Waals surface area contributed by atoms with Crippen LogP contribution in [0.4, 0.5) is 17.1 Å². The van der Waals surface area contributed by atoms with Crippen LogP contribution in [0.2, 0.25) is 0 Å². The van der Waals surface area contributed by atoms with Crippen molar-refractivity contribution in [2.45, 2.75) is 40.2 Å². The fourth-order valence-electron chi connectivity index (χ4n) is 3.95. The monoisotopic (exact) mass is 536 g/mol. The summed E-state index contributed by atoms with van der Waals surface area (Å²) in [5.41, 5.74) is 15.4. The van der Waals surface area contributed by atoms with E-state index >= 15 is 0 Å². The highest BCUT2D eigenvalue weighted by Crippen LogP contribution is 2.34. The summed E-state index contributed by atoms with van der Waals surface area (Å²) in [6.45, 7) is 8.54. The number of nitrogens with two attached hydrogens (primary N) is 2. The second-order valence-corrected chi connectivity index (χ2v) is 10.7. The summed E-state index contributed by atoms with van der Waals surface area (Å²) in [4.78, 5) is 43.2. The van der Waals surface area contributed by atoms with E-state index in [9.17, 15) is 14.4 Å². The molecule has 0 fully saturated rings. The molecule has 3 aromatic rings. The molecule has 2 aromatic carbocycles. The Bertz CT molecular complexity index is 1320. The maximum atomic E-state index is 14.2. The summed E-state index contributed by atoms with van der Waals surface area (Å²) in [6.07, 6.45) is 0.791. The van der Waals surface area contributed by atoms with Crippen LogP contribution in [0.15, 0.2) is 42.5 Å². The van der Waals surface area contributed by atoms with Crippen molar-refractivity contribution in [2.75, 3.05) is 36.2 Å². The van der Waals surface area contributed by atoms with Gasteiger partial charge in [0.05, 0.1) is 5.69 Å². The molecule has 5 N–H and O–H groups in total. The van der Waals surface area contributed by atoms with Crippen molar-refractivity contribution in [1.29, 1.82) is 0 Å². The lowest BCUT2D eigenvalue weighted by molar-refractivity contribution is -0.122. The van der Waals surface area contributed by atoms with Gasteiger partial charge in [-0.3, -0.25) is 19.3 Å². The molecule has 9 nitrogen and oxygen atoms in total. The Morgan fingerprint density at radius 2 is 1.63 bits per heavy atom. The van der Waals surface area contributed by atoms with Crippen LogP contribution in [0.25, 0.3) is 0 Å². The van der Waals surface area contributed by atoms with Crippen molar-refractivity contribution in [3.05, 3.63) is 69.7 Å². The maximum Gasteiger partial charge on any atom is 0.273 e. The average molecular weight is 537 g/mol. The van der Waals surface area contributed by atoms with Crippen molar-refractivity contribution in [2.24, 2.45) is 11.7 Å². The number of amides is 3. The van der Waals surface area contributed by atoms with Gasteiger partial charge in [0, 0.05) is 32.0 Å². The van der Waals surface area contributed by atoms with Crippen LogP contribution in [0.1, 0.15) is 63.2 Å². The number of aromatic nitrogens is 1. The van der Waals surface area contributed by atoms with Gasteiger partial charge >= 0.3 is 0 Å². The summed E-state index contributed by atoms with van der Waals surface area (Å²) < 4.78 is 4.01. The largest absolute Gasteiger partial charge is 0.395 e. The van der Waals surface area contributed by atoms with Gasteiger partial charge in [0.1, 0.15) is 10.9 Å². The van der Waals surface area contributed by atoms with Gasteiger partial charge in [-0.2, -0.15) is 4.37 Å². The summed E-state index contributed by atoms with van der Waals surface area (Å²) >= 11 is 0.790. The van der Waals surface area contributed by atoms with E-state index in [-0.39, 0.29) is 22.2 Å². The van der Waals surface area contributed by atoms with Gasteiger partial charge in [0.25, 0.3) is 11.8 Å². The van der Waals surface area contributed by atoms with E-state index < -0.39 is 17.9 Å². The molecule has 202 valence electrons. The lowest BCUT2D eigenvalue weighted by atomic mass is 10.0. The molecule has 0 bridgehead atoms. The normalized spacial score (nSPS) is 11.8. The van der Waals surface area contributed by atoms with Gasteiger partial charge in [-0.05, 0) is 78.7 Å². The van der Waals surface area contributed by atoms with Crippen molar-refractivity contribution in [3.63, 3.8) is 0 Å². The van der Waals surface area contributed by atoms with Crippen LogP contribution in [-0.4, -0.2) is 42.7 Å². The Kier molecular flexibility index (Phi) is 9.11. The Morgan fingerprint density at radius 1 is 1.00 bits per heavy atom. The summed E-state index contributed by atoms with van der Waals surface area (Å²) in [5, 5.41) is 3.01. The van der Waals surface area contributed by atoms with Gasteiger partial charge in [0.15, 0.2) is 5.69 Å². The minimum Gasteiger partial charge on any atom is -0.395 e. The molecule has 0 aliphatic carbocycles. The molecule has 0 aliphatic rings. The first-order valence-corrected chi connectivity index (χ1v) is 13.2. The van der Waals surface area contributed by atoms with Crippen LogP contribution in [0.3, 0.4) is 0 Å². The molecule has 1 atom stereocenters. The maximum absolute atomic E-state index is 14.2. The Labute approximate surface area is 228 Å². The molecule has 3 amide bonds. The fraction of sp³-hybridized carbons (Fsp3) is 0.357. The first-order valence-electron chi connectivity index (χ1n) is 12.4. The van der Waals surface area contributed by atoms with E-state index in [0.29, 0.717) is 23.7 Å². The SMILES string of the molecule is Cc1ccc(N(C(=O)c2snc(C(N)=O)c2N)C(C(=O)NCCC(C)C)c2ccc(N(C)C)cc2)cc1C. The van der Waals surface area contributed by atoms with Crippen LogP contribution in [-0.2, 0) is 4.79 Å². The van der Waals surface area contributed by atoms with E-state index in [4.69, 9.17) is 11.5 Å². The number of benzene rings is 2. The van der Waals surface area contributed by atoms with Crippen LogP contribution in [0.5, 0.6) is 0 Å². The number of nitrogens with one attached hydrogen (secondary N) is 1. The number of rotatable bonds is 10. The lowest BCUT2D eigenvalue weighted by Crippen LogP contribution is -2.44. The van der Waals surface area contributed by atoms with Gasteiger partial charge < -0.3 is 21.7 Å². The zero-order chi connectivity index (χ0) is 28.1. The highest BCUT2D eigenvalue weighted by molar-refractivity contribution is 7.09. The third-order valence-corrected chi connectivity index (χ3v) is 7.25. The second kappa shape index (κ2) is 12.1. The molecule has 0 saturated carbocycles. The number of anilines is 3. The molecule has 0 radical (unpaired) electrons. The second-order valence-electron chi connectivity index (χ2n) is 9.94. The number of nitrogen functional groups attached to an aromatic ring is 1. The molecule has 38 heavy (non-hydrogen) atoms.